The summed E-state index contributed by atoms with van der Waals surface area (Å²) in [5, 5.41) is 7.88. The van der Waals surface area contributed by atoms with Crippen molar-refractivity contribution in [3.63, 3.8) is 0 Å². The molecule has 144 valence electrons. The predicted octanol–water partition coefficient (Wildman–Crippen LogP) is 0.601. The van der Waals surface area contributed by atoms with Crippen molar-refractivity contribution in [1.29, 1.82) is 0 Å². The van der Waals surface area contributed by atoms with Crippen molar-refractivity contribution in [3.05, 3.63) is 40.2 Å². The third-order valence-electron chi connectivity index (χ3n) is 3.54. The lowest BCUT2D eigenvalue weighted by atomic mass is 10.3. The first-order chi connectivity index (χ1) is 12.8. The molecule has 27 heavy (non-hydrogen) atoms. The van der Waals surface area contributed by atoms with Crippen LogP contribution in [0.5, 0.6) is 5.75 Å². The molecule has 1 aromatic heterocycles. The van der Waals surface area contributed by atoms with Gasteiger partial charge in [0, 0.05) is 5.02 Å². The molecule has 0 saturated carbocycles. The number of benzene rings is 1. The van der Waals surface area contributed by atoms with E-state index in [1.165, 1.54) is 18.4 Å². The number of primary amides is 1. The van der Waals surface area contributed by atoms with E-state index in [0.717, 1.165) is 0 Å². The second-order valence-electron chi connectivity index (χ2n) is 5.78. The van der Waals surface area contributed by atoms with Gasteiger partial charge in [-0.2, -0.15) is 0 Å². The molecule has 0 aliphatic heterocycles. The minimum Gasteiger partial charge on any atom is -0.495 e. The van der Waals surface area contributed by atoms with Crippen LogP contribution >= 0.6 is 22.9 Å². The zero-order valence-corrected chi connectivity index (χ0v) is 16.4. The van der Waals surface area contributed by atoms with Gasteiger partial charge in [-0.3, -0.25) is 14.4 Å². The summed E-state index contributed by atoms with van der Waals surface area (Å²) in [5.74, 6) is -0.748. The molecule has 10 heteroatoms. The van der Waals surface area contributed by atoms with E-state index in [4.69, 9.17) is 22.1 Å². The zero-order valence-electron chi connectivity index (χ0n) is 14.8. The Hall–Kier alpha value is -2.62. The Kier molecular flexibility index (Phi) is 7.17. The molecule has 3 amide bonds. The summed E-state index contributed by atoms with van der Waals surface area (Å²) >= 11 is 7.14. The standard InChI is InChI=1S/C17H19ClN4O4S/c1-22(9-15(24)21-17-11(16(19)25)5-6-27-17)8-14(23)20-12-7-10(18)3-4-13(12)26-2/h3-7H,8-9H2,1-2H3,(H2,19,25)(H,20,23)(H,21,24)/p+1. The monoisotopic (exact) mass is 411 g/mol. The van der Waals surface area contributed by atoms with Crippen molar-refractivity contribution < 1.29 is 24.0 Å². The van der Waals surface area contributed by atoms with E-state index in [0.29, 0.717) is 26.4 Å². The quantitative estimate of drug-likeness (QED) is 0.509. The van der Waals surface area contributed by atoms with Crippen LogP contribution in [-0.2, 0) is 9.59 Å². The van der Waals surface area contributed by atoms with E-state index >= 15 is 0 Å². The Bertz CT molecular complexity index is 855. The average molecular weight is 412 g/mol. The molecule has 0 bridgehead atoms. The van der Waals surface area contributed by atoms with Crippen LogP contribution < -0.4 is 26.0 Å². The van der Waals surface area contributed by atoms with Crippen LogP contribution in [0, 0.1) is 0 Å². The van der Waals surface area contributed by atoms with E-state index < -0.39 is 5.91 Å². The lowest BCUT2D eigenvalue weighted by molar-refractivity contribution is -0.862. The second kappa shape index (κ2) is 9.36. The van der Waals surface area contributed by atoms with E-state index in [1.807, 2.05) is 0 Å². The lowest BCUT2D eigenvalue weighted by Gasteiger charge is -2.15. The molecule has 1 atom stereocenters. The number of ether oxygens (including phenoxy) is 1. The highest BCUT2D eigenvalue weighted by atomic mass is 35.5. The third-order valence-corrected chi connectivity index (χ3v) is 4.61. The van der Waals surface area contributed by atoms with Crippen molar-refractivity contribution in [3.8, 4) is 5.75 Å². The number of quaternary nitrogens is 1. The molecule has 0 aliphatic carbocycles. The largest absolute Gasteiger partial charge is 0.495 e. The molecular weight excluding hydrogens is 392 g/mol. The molecular formula is C17H20ClN4O4S+. The molecule has 0 saturated heterocycles. The maximum Gasteiger partial charge on any atom is 0.280 e. The normalized spacial score (nSPS) is 11.5. The fraction of sp³-hybridized carbons (Fsp3) is 0.235. The third kappa shape index (κ3) is 5.95. The predicted molar refractivity (Wildman–Crippen MR) is 105 cm³/mol. The van der Waals surface area contributed by atoms with Gasteiger partial charge in [0.25, 0.3) is 17.7 Å². The fourth-order valence-electron chi connectivity index (χ4n) is 2.35. The van der Waals surface area contributed by atoms with Crippen molar-refractivity contribution in [2.24, 2.45) is 5.73 Å². The lowest BCUT2D eigenvalue weighted by Crippen LogP contribution is -3.11. The maximum absolute atomic E-state index is 12.2. The van der Waals surface area contributed by atoms with Crippen LogP contribution in [0.25, 0.3) is 0 Å². The van der Waals surface area contributed by atoms with Gasteiger partial charge in [-0.15, -0.1) is 11.3 Å². The average Bonchev–Trinajstić information content (AvgIpc) is 3.02. The number of methoxy groups -OCH3 is 1. The minimum atomic E-state index is -0.609. The Morgan fingerprint density at radius 2 is 1.85 bits per heavy atom. The van der Waals surface area contributed by atoms with Crippen molar-refractivity contribution >= 4 is 51.3 Å². The Labute approximate surface area is 165 Å². The molecule has 0 fully saturated rings. The summed E-state index contributed by atoms with van der Waals surface area (Å²) in [6.45, 7) is 0.0897. The number of nitrogens with two attached hydrogens (primary N) is 1. The number of carbonyl (C=O) groups is 3. The molecule has 0 radical (unpaired) electrons. The second-order valence-corrected chi connectivity index (χ2v) is 7.13. The van der Waals surface area contributed by atoms with E-state index in [-0.39, 0.29) is 30.5 Å². The topological polar surface area (TPSA) is 115 Å². The highest BCUT2D eigenvalue weighted by Gasteiger charge is 2.18. The summed E-state index contributed by atoms with van der Waals surface area (Å²) < 4.78 is 5.18. The van der Waals surface area contributed by atoms with E-state index in [1.54, 1.807) is 36.7 Å². The molecule has 1 unspecified atom stereocenters. The van der Waals surface area contributed by atoms with Crippen LogP contribution in [0.15, 0.2) is 29.6 Å². The van der Waals surface area contributed by atoms with Crippen molar-refractivity contribution in [2.45, 2.75) is 0 Å². The van der Waals surface area contributed by atoms with Crippen LogP contribution in [-0.4, -0.2) is 45.0 Å². The van der Waals surface area contributed by atoms with Gasteiger partial charge in [0.1, 0.15) is 10.8 Å². The Balaban J connectivity index is 1.89. The number of carbonyl (C=O) groups excluding carboxylic acids is 3. The summed E-state index contributed by atoms with van der Waals surface area (Å²) in [7, 11) is 3.20. The van der Waals surface area contributed by atoms with Gasteiger partial charge < -0.3 is 26.0 Å². The molecule has 2 rings (SSSR count). The number of rotatable bonds is 8. The van der Waals surface area contributed by atoms with Gasteiger partial charge in [0.05, 0.1) is 25.4 Å². The van der Waals surface area contributed by atoms with Gasteiger partial charge in [0.15, 0.2) is 13.1 Å². The molecule has 5 N–H and O–H groups in total. The number of halogens is 1. The van der Waals surface area contributed by atoms with E-state index in [9.17, 15) is 14.4 Å². The number of likely N-dealkylation sites (N-methyl/N-ethyl adjacent to an activating group) is 1. The highest BCUT2D eigenvalue weighted by molar-refractivity contribution is 7.14. The molecule has 1 heterocycles. The summed E-state index contributed by atoms with van der Waals surface area (Å²) in [5.41, 5.74) is 5.96. The Morgan fingerprint density at radius 3 is 2.48 bits per heavy atom. The molecule has 2 aromatic rings. The fourth-order valence-corrected chi connectivity index (χ4v) is 3.33. The number of hydrogen-bond donors (Lipinski definition) is 4. The SMILES string of the molecule is COc1ccc(Cl)cc1NC(=O)C[NH+](C)CC(=O)Nc1sccc1C(N)=O. The van der Waals surface area contributed by atoms with Gasteiger partial charge >= 0.3 is 0 Å². The van der Waals surface area contributed by atoms with Crippen LogP contribution in [0.4, 0.5) is 10.7 Å². The van der Waals surface area contributed by atoms with Gasteiger partial charge in [0.2, 0.25) is 0 Å². The number of anilines is 2. The molecule has 8 nitrogen and oxygen atoms in total. The zero-order chi connectivity index (χ0) is 20.0. The maximum atomic E-state index is 12.2. The summed E-state index contributed by atoms with van der Waals surface area (Å²) in [4.78, 5) is 36.3. The highest BCUT2D eigenvalue weighted by Crippen LogP contribution is 2.27. The molecule has 0 spiro atoms. The van der Waals surface area contributed by atoms with Crippen molar-refractivity contribution in [2.75, 3.05) is 37.9 Å². The van der Waals surface area contributed by atoms with Gasteiger partial charge in [-0.1, -0.05) is 11.6 Å². The van der Waals surface area contributed by atoms with Crippen LogP contribution in [0.1, 0.15) is 10.4 Å². The minimum absolute atomic E-state index is 0.0379. The van der Waals surface area contributed by atoms with E-state index in [2.05, 4.69) is 10.6 Å². The van der Waals surface area contributed by atoms with Crippen LogP contribution in [0.2, 0.25) is 5.02 Å². The number of thiophene rings is 1. The van der Waals surface area contributed by atoms with Gasteiger partial charge in [-0.05, 0) is 29.6 Å². The Morgan fingerprint density at radius 1 is 1.19 bits per heavy atom. The molecule has 1 aromatic carbocycles. The molecule has 0 aliphatic rings. The number of nitrogens with one attached hydrogen (secondary N) is 3. The first-order valence-corrected chi connectivity index (χ1v) is 9.17. The van der Waals surface area contributed by atoms with Crippen LogP contribution in [0.3, 0.4) is 0 Å². The van der Waals surface area contributed by atoms with Gasteiger partial charge in [-0.25, -0.2) is 0 Å². The summed E-state index contributed by atoms with van der Waals surface area (Å²) in [6, 6.07) is 6.44. The first-order valence-electron chi connectivity index (χ1n) is 7.92. The van der Waals surface area contributed by atoms with Crippen molar-refractivity contribution in [1.82, 2.24) is 0 Å². The summed E-state index contributed by atoms with van der Waals surface area (Å²) in [6.07, 6.45) is 0. The number of amides is 3. The number of hydrogen-bond acceptors (Lipinski definition) is 5. The first kappa shape index (κ1) is 20.7. The smallest absolute Gasteiger partial charge is 0.280 e.